The molecule has 3 rings (SSSR count). The number of ether oxygens (including phenoxy) is 1. The zero-order valence-corrected chi connectivity index (χ0v) is 13.2. The van der Waals surface area contributed by atoms with E-state index < -0.39 is 5.97 Å². The molecule has 0 bridgehead atoms. The number of benzene rings is 2. The highest BCUT2D eigenvalue weighted by molar-refractivity contribution is 6.31. The van der Waals surface area contributed by atoms with Crippen LogP contribution in [0, 0.1) is 5.92 Å². The monoisotopic (exact) mass is 329 g/mol. The molecule has 0 aromatic heterocycles. The Morgan fingerprint density at radius 1 is 1.09 bits per heavy atom. The first-order valence-electron chi connectivity index (χ1n) is 7.45. The number of hydrogen-bond donors (Lipinski definition) is 1. The van der Waals surface area contributed by atoms with Gasteiger partial charge in [0.05, 0.1) is 5.56 Å². The van der Waals surface area contributed by atoms with Crippen LogP contribution in [0.3, 0.4) is 0 Å². The van der Waals surface area contributed by atoms with Gasteiger partial charge in [-0.2, -0.15) is 0 Å². The van der Waals surface area contributed by atoms with Gasteiger partial charge in [0.15, 0.2) is 0 Å². The second-order valence-electron chi connectivity index (χ2n) is 5.51. The number of carbonyl (C=O) groups excluding carboxylic acids is 2. The third-order valence-corrected chi connectivity index (χ3v) is 4.02. The number of hydrogen-bond acceptors (Lipinski definition) is 3. The van der Waals surface area contributed by atoms with Crippen LogP contribution in [0.1, 0.15) is 28.8 Å². The number of esters is 1. The zero-order valence-electron chi connectivity index (χ0n) is 12.4. The smallest absolute Gasteiger partial charge is 0.338 e. The molecule has 0 heterocycles. The summed E-state index contributed by atoms with van der Waals surface area (Å²) in [6, 6.07) is 13.9. The molecule has 2 aromatic rings. The number of carbonyl (C=O) groups is 2. The second kappa shape index (κ2) is 6.84. The molecule has 0 aliphatic heterocycles. The van der Waals surface area contributed by atoms with Gasteiger partial charge in [-0.05, 0) is 43.2 Å². The summed E-state index contributed by atoms with van der Waals surface area (Å²) < 4.78 is 5.25. The van der Waals surface area contributed by atoms with Crippen molar-refractivity contribution in [3.63, 3.8) is 0 Å². The molecule has 118 valence electrons. The van der Waals surface area contributed by atoms with Gasteiger partial charge >= 0.3 is 5.97 Å². The molecule has 4 nitrogen and oxygen atoms in total. The van der Waals surface area contributed by atoms with Gasteiger partial charge in [-0.1, -0.05) is 29.8 Å². The van der Waals surface area contributed by atoms with Crippen LogP contribution < -0.4 is 5.32 Å². The fourth-order valence-corrected chi connectivity index (χ4v) is 2.31. The Balaban J connectivity index is 1.57. The molecule has 0 radical (unpaired) electrons. The van der Waals surface area contributed by atoms with Crippen molar-refractivity contribution >= 4 is 29.2 Å². The molecular weight excluding hydrogens is 314 g/mol. The summed E-state index contributed by atoms with van der Waals surface area (Å²) in [7, 11) is 0. The van der Waals surface area contributed by atoms with Crippen molar-refractivity contribution in [2.45, 2.75) is 19.4 Å². The van der Waals surface area contributed by atoms with Crippen LogP contribution >= 0.6 is 11.6 Å². The quantitative estimate of drug-likeness (QED) is 0.842. The average Bonchev–Trinajstić information content (AvgIpc) is 3.39. The number of nitrogens with one attached hydrogen (secondary N) is 1. The van der Waals surface area contributed by atoms with Crippen molar-refractivity contribution < 1.29 is 14.3 Å². The van der Waals surface area contributed by atoms with Crippen LogP contribution in [0.2, 0.25) is 5.02 Å². The number of amides is 1. The Morgan fingerprint density at radius 3 is 2.43 bits per heavy atom. The van der Waals surface area contributed by atoms with Gasteiger partial charge in [0, 0.05) is 22.2 Å². The third kappa shape index (κ3) is 4.11. The lowest BCUT2D eigenvalue weighted by atomic mass is 10.2. The maximum absolute atomic E-state index is 12.0. The molecule has 1 amide bonds. The van der Waals surface area contributed by atoms with Crippen molar-refractivity contribution in [1.82, 2.24) is 0 Å². The predicted octanol–water partition coefficient (Wildman–Crippen LogP) is 4.05. The first-order valence-corrected chi connectivity index (χ1v) is 7.83. The van der Waals surface area contributed by atoms with Crippen LogP contribution in [0.25, 0.3) is 0 Å². The number of halogens is 1. The fraction of sp³-hybridized carbons (Fsp3) is 0.222. The largest absolute Gasteiger partial charge is 0.457 e. The van der Waals surface area contributed by atoms with E-state index in [1.165, 1.54) is 0 Å². The zero-order chi connectivity index (χ0) is 16.2. The molecule has 2 aromatic carbocycles. The van der Waals surface area contributed by atoms with E-state index >= 15 is 0 Å². The minimum absolute atomic E-state index is 0.0408. The predicted molar refractivity (Wildman–Crippen MR) is 88.4 cm³/mol. The van der Waals surface area contributed by atoms with E-state index in [0.717, 1.165) is 18.4 Å². The Morgan fingerprint density at radius 2 is 1.78 bits per heavy atom. The molecule has 1 saturated carbocycles. The lowest BCUT2D eigenvalue weighted by Gasteiger charge is -2.08. The lowest BCUT2D eigenvalue weighted by Crippen LogP contribution is -2.13. The number of rotatable bonds is 5. The van der Waals surface area contributed by atoms with Crippen LogP contribution in [-0.4, -0.2) is 11.9 Å². The second-order valence-corrected chi connectivity index (χ2v) is 5.92. The van der Waals surface area contributed by atoms with Crippen LogP contribution in [0.4, 0.5) is 5.69 Å². The van der Waals surface area contributed by atoms with Gasteiger partial charge in [-0.25, -0.2) is 4.79 Å². The summed E-state index contributed by atoms with van der Waals surface area (Å²) in [5.74, 6) is -0.237. The van der Waals surface area contributed by atoms with Crippen molar-refractivity contribution in [1.29, 1.82) is 0 Å². The molecule has 1 aliphatic carbocycles. The summed E-state index contributed by atoms with van der Waals surface area (Å²) in [6.45, 7) is 0.124. The van der Waals surface area contributed by atoms with Gasteiger partial charge in [-0.15, -0.1) is 0 Å². The molecule has 0 unspecified atom stereocenters. The summed E-state index contributed by atoms with van der Waals surface area (Å²) in [6.07, 6.45) is 1.91. The fourth-order valence-electron chi connectivity index (χ4n) is 2.12. The summed E-state index contributed by atoms with van der Waals surface area (Å²) >= 11 is 6.02. The normalized spacial score (nSPS) is 13.4. The minimum Gasteiger partial charge on any atom is -0.457 e. The van der Waals surface area contributed by atoms with Crippen molar-refractivity contribution in [3.8, 4) is 0 Å². The highest BCUT2D eigenvalue weighted by Crippen LogP contribution is 2.30. The van der Waals surface area contributed by atoms with Gasteiger partial charge in [0.1, 0.15) is 6.61 Å². The average molecular weight is 330 g/mol. The molecular formula is C18H16ClNO3. The molecule has 1 N–H and O–H groups in total. The maximum atomic E-state index is 12.0. The molecule has 0 saturated heterocycles. The minimum atomic E-state index is -0.426. The maximum Gasteiger partial charge on any atom is 0.338 e. The van der Waals surface area contributed by atoms with E-state index in [0.29, 0.717) is 16.3 Å². The van der Waals surface area contributed by atoms with E-state index in [9.17, 15) is 9.59 Å². The molecule has 1 aliphatic rings. The van der Waals surface area contributed by atoms with Crippen molar-refractivity contribution in [3.05, 3.63) is 64.7 Å². The standard InChI is InChI=1S/C18H16ClNO3/c19-16-4-2-1-3-14(16)11-23-18(22)13-7-9-15(10-8-13)20-17(21)12-5-6-12/h1-4,7-10,12H,5-6,11H2,(H,20,21). The van der Waals surface area contributed by atoms with Crippen LogP contribution in [0.5, 0.6) is 0 Å². The van der Waals surface area contributed by atoms with E-state index in [4.69, 9.17) is 16.3 Å². The third-order valence-electron chi connectivity index (χ3n) is 3.65. The molecule has 1 fully saturated rings. The Labute approximate surface area is 139 Å². The van der Waals surface area contributed by atoms with Gasteiger partial charge in [0.25, 0.3) is 0 Å². The first kappa shape index (κ1) is 15.6. The first-order chi connectivity index (χ1) is 11.1. The van der Waals surface area contributed by atoms with E-state index in [2.05, 4.69) is 5.32 Å². The molecule has 0 atom stereocenters. The van der Waals surface area contributed by atoms with Gasteiger partial charge in [-0.3, -0.25) is 4.79 Å². The molecule has 23 heavy (non-hydrogen) atoms. The van der Waals surface area contributed by atoms with Crippen molar-refractivity contribution in [2.24, 2.45) is 5.92 Å². The number of anilines is 1. The SMILES string of the molecule is O=C(OCc1ccccc1Cl)c1ccc(NC(=O)C2CC2)cc1. The summed E-state index contributed by atoms with van der Waals surface area (Å²) in [5, 5.41) is 3.39. The van der Waals surface area contributed by atoms with E-state index in [1.54, 1.807) is 30.3 Å². The Bertz CT molecular complexity index is 723. The Hall–Kier alpha value is -2.33. The highest BCUT2D eigenvalue weighted by atomic mass is 35.5. The molecule has 0 spiro atoms. The van der Waals surface area contributed by atoms with E-state index in [-0.39, 0.29) is 18.4 Å². The van der Waals surface area contributed by atoms with Gasteiger partial charge in [0.2, 0.25) is 5.91 Å². The van der Waals surface area contributed by atoms with Crippen molar-refractivity contribution in [2.75, 3.05) is 5.32 Å². The van der Waals surface area contributed by atoms with Crippen LogP contribution in [0.15, 0.2) is 48.5 Å². The summed E-state index contributed by atoms with van der Waals surface area (Å²) in [5.41, 5.74) is 1.88. The Kier molecular flexibility index (Phi) is 4.63. The molecule has 5 heteroatoms. The van der Waals surface area contributed by atoms with E-state index in [1.807, 2.05) is 18.2 Å². The summed E-state index contributed by atoms with van der Waals surface area (Å²) in [4.78, 5) is 23.7. The highest BCUT2D eigenvalue weighted by Gasteiger charge is 2.29. The lowest BCUT2D eigenvalue weighted by molar-refractivity contribution is -0.117. The topological polar surface area (TPSA) is 55.4 Å². The van der Waals surface area contributed by atoms with Gasteiger partial charge < -0.3 is 10.1 Å². The van der Waals surface area contributed by atoms with Crippen LogP contribution in [-0.2, 0) is 16.1 Å².